The van der Waals surface area contributed by atoms with E-state index in [1.54, 1.807) is 0 Å². The fourth-order valence-corrected chi connectivity index (χ4v) is 7.55. The molecule has 0 fully saturated rings. The number of fused-ring (bicyclic) bond motifs is 6. The van der Waals surface area contributed by atoms with Gasteiger partial charge in [0.2, 0.25) is 0 Å². The predicted octanol–water partition coefficient (Wildman–Crippen LogP) is 12.9. The summed E-state index contributed by atoms with van der Waals surface area (Å²) in [4.78, 5) is 0. The molecular weight excluding hydrogens is 528 g/mol. The van der Waals surface area contributed by atoms with Gasteiger partial charge in [0.15, 0.2) is 0 Å². The molecule has 0 bridgehead atoms. The molecule has 0 N–H and O–H groups in total. The molecule has 44 heavy (non-hydrogen) atoms. The molecule has 0 atom stereocenters. The van der Waals surface area contributed by atoms with E-state index in [2.05, 4.69) is 146 Å². The van der Waals surface area contributed by atoms with E-state index in [1.165, 1.54) is 107 Å². The molecule has 0 heterocycles. The molecule has 0 aromatic heterocycles. The fraction of sp³-hybridized carbons (Fsp3) is 0.136. The number of rotatable bonds is 7. The Morgan fingerprint density at radius 3 is 1.68 bits per heavy atom. The maximum absolute atomic E-state index is 2.43. The van der Waals surface area contributed by atoms with Crippen molar-refractivity contribution in [1.29, 1.82) is 0 Å². The molecule has 0 aliphatic heterocycles. The Hall–Kier alpha value is -4.94. The normalized spacial score (nSPS) is 11.8. The van der Waals surface area contributed by atoms with Crippen molar-refractivity contribution in [2.45, 2.75) is 39.0 Å². The standard InChI is InChI=1S/C44H36/c1-2-3-4-8-20-33-32-19-10-9-18-31(32)29-42-34-25-15-26-37(35(34)27-28-36(33)42)44-40-23-13-11-21-38(40)43(30-16-6-5-7-17-30)39-22-12-14-24-41(39)44/h5-7,9-19,21-29H,2-4,8,20H2,1H3. The van der Waals surface area contributed by atoms with Gasteiger partial charge in [-0.2, -0.15) is 0 Å². The van der Waals surface area contributed by atoms with Crippen LogP contribution in [0.25, 0.3) is 76.1 Å². The zero-order valence-corrected chi connectivity index (χ0v) is 25.3. The second-order valence-corrected chi connectivity index (χ2v) is 12.2. The van der Waals surface area contributed by atoms with Crippen LogP contribution in [0.5, 0.6) is 0 Å². The Bertz CT molecular complexity index is 2250. The second-order valence-electron chi connectivity index (χ2n) is 12.2. The highest BCUT2D eigenvalue weighted by Gasteiger charge is 2.19. The van der Waals surface area contributed by atoms with Gasteiger partial charge < -0.3 is 0 Å². The molecule has 0 aliphatic rings. The molecule has 0 spiro atoms. The van der Waals surface area contributed by atoms with Gasteiger partial charge in [-0.15, -0.1) is 0 Å². The maximum Gasteiger partial charge on any atom is -0.00201 e. The third kappa shape index (κ3) is 4.37. The molecular formula is C44H36. The highest BCUT2D eigenvalue weighted by molar-refractivity contribution is 6.25. The van der Waals surface area contributed by atoms with E-state index in [0.29, 0.717) is 0 Å². The quantitative estimate of drug-likeness (QED) is 0.103. The number of hydrogen-bond acceptors (Lipinski definition) is 0. The van der Waals surface area contributed by atoms with Crippen molar-refractivity contribution < 1.29 is 0 Å². The molecule has 0 heteroatoms. The van der Waals surface area contributed by atoms with E-state index >= 15 is 0 Å². The fourth-order valence-electron chi connectivity index (χ4n) is 7.55. The first-order chi connectivity index (χ1) is 21.8. The van der Waals surface area contributed by atoms with Crippen LogP contribution in [-0.4, -0.2) is 0 Å². The van der Waals surface area contributed by atoms with Crippen molar-refractivity contribution in [1.82, 2.24) is 0 Å². The lowest BCUT2D eigenvalue weighted by Crippen LogP contribution is -1.94. The van der Waals surface area contributed by atoms with Crippen LogP contribution in [-0.2, 0) is 6.42 Å². The molecule has 8 rings (SSSR count). The lowest BCUT2D eigenvalue weighted by Gasteiger charge is -2.19. The zero-order valence-electron chi connectivity index (χ0n) is 25.3. The summed E-state index contributed by atoms with van der Waals surface area (Å²) >= 11 is 0. The summed E-state index contributed by atoms with van der Waals surface area (Å²) in [5.74, 6) is 0. The van der Waals surface area contributed by atoms with Crippen molar-refractivity contribution in [2.24, 2.45) is 0 Å². The summed E-state index contributed by atoms with van der Waals surface area (Å²) in [6.07, 6.45) is 6.22. The van der Waals surface area contributed by atoms with Crippen LogP contribution < -0.4 is 0 Å². The molecule has 212 valence electrons. The Morgan fingerprint density at radius 1 is 0.386 bits per heavy atom. The topological polar surface area (TPSA) is 0 Å². The van der Waals surface area contributed by atoms with Crippen molar-refractivity contribution in [3.8, 4) is 22.3 Å². The zero-order chi connectivity index (χ0) is 29.5. The van der Waals surface area contributed by atoms with Crippen LogP contribution in [0.3, 0.4) is 0 Å². The van der Waals surface area contributed by atoms with Gasteiger partial charge in [-0.05, 0) is 101 Å². The first-order valence-electron chi connectivity index (χ1n) is 16.2. The molecule has 0 unspecified atom stereocenters. The van der Waals surface area contributed by atoms with Gasteiger partial charge in [-0.3, -0.25) is 0 Å². The van der Waals surface area contributed by atoms with E-state index in [-0.39, 0.29) is 0 Å². The van der Waals surface area contributed by atoms with Crippen LogP contribution in [0.15, 0.2) is 140 Å². The third-order valence-electron chi connectivity index (χ3n) is 9.56. The average molecular weight is 565 g/mol. The number of unbranched alkanes of at least 4 members (excludes halogenated alkanes) is 3. The lowest BCUT2D eigenvalue weighted by atomic mass is 9.84. The maximum atomic E-state index is 2.43. The Balaban J connectivity index is 1.43. The minimum Gasteiger partial charge on any atom is -0.0654 e. The molecule has 8 aromatic rings. The minimum absolute atomic E-state index is 1.12. The number of hydrogen-bond donors (Lipinski definition) is 0. The Labute approximate surface area is 259 Å². The highest BCUT2D eigenvalue weighted by atomic mass is 14.2. The summed E-state index contributed by atoms with van der Waals surface area (Å²) < 4.78 is 0. The minimum atomic E-state index is 1.12. The first-order valence-corrected chi connectivity index (χ1v) is 16.2. The molecule has 0 saturated heterocycles. The SMILES string of the molecule is CCCCCCc1c2ccccc2cc2c1ccc1c(-c3c4ccccc4c(-c4ccccc4)c4ccccc34)cccc12. The van der Waals surface area contributed by atoms with Gasteiger partial charge in [0.1, 0.15) is 0 Å². The van der Waals surface area contributed by atoms with Crippen LogP contribution in [0.2, 0.25) is 0 Å². The van der Waals surface area contributed by atoms with E-state index in [0.717, 1.165) is 6.42 Å². The van der Waals surface area contributed by atoms with Crippen LogP contribution in [0.1, 0.15) is 38.2 Å². The van der Waals surface area contributed by atoms with Crippen molar-refractivity contribution in [3.63, 3.8) is 0 Å². The van der Waals surface area contributed by atoms with E-state index < -0.39 is 0 Å². The molecule has 0 amide bonds. The summed E-state index contributed by atoms with van der Waals surface area (Å²) in [6.45, 7) is 2.29. The number of benzene rings is 8. The van der Waals surface area contributed by atoms with Gasteiger partial charge in [0.25, 0.3) is 0 Å². The average Bonchev–Trinajstić information content (AvgIpc) is 3.08. The van der Waals surface area contributed by atoms with Crippen molar-refractivity contribution >= 4 is 53.9 Å². The van der Waals surface area contributed by atoms with E-state index in [9.17, 15) is 0 Å². The van der Waals surface area contributed by atoms with Gasteiger partial charge in [0.05, 0.1) is 0 Å². The van der Waals surface area contributed by atoms with Gasteiger partial charge >= 0.3 is 0 Å². The largest absolute Gasteiger partial charge is 0.0654 e. The predicted molar refractivity (Wildman–Crippen MR) is 193 cm³/mol. The Kier molecular flexibility index (Phi) is 6.84. The van der Waals surface area contributed by atoms with Gasteiger partial charge in [-0.1, -0.05) is 160 Å². The lowest BCUT2D eigenvalue weighted by molar-refractivity contribution is 0.669. The van der Waals surface area contributed by atoms with Crippen LogP contribution >= 0.6 is 0 Å². The number of aryl methyl sites for hydroxylation is 1. The van der Waals surface area contributed by atoms with Gasteiger partial charge in [0, 0.05) is 0 Å². The first kappa shape index (κ1) is 26.7. The summed E-state index contributed by atoms with van der Waals surface area (Å²) in [5.41, 5.74) is 6.69. The Morgan fingerprint density at radius 2 is 0.977 bits per heavy atom. The van der Waals surface area contributed by atoms with E-state index in [4.69, 9.17) is 0 Å². The molecule has 0 nitrogen and oxygen atoms in total. The van der Waals surface area contributed by atoms with E-state index in [1.807, 2.05) is 0 Å². The smallest absolute Gasteiger partial charge is 0.00201 e. The summed E-state index contributed by atoms with van der Waals surface area (Å²) in [7, 11) is 0. The second kappa shape index (κ2) is 11.3. The monoisotopic (exact) mass is 564 g/mol. The molecule has 0 saturated carbocycles. The summed E-state index contributed by atoms with van der Waals surface area (Å²) in [6, 6.07) is 51.9. The summed E-state index contributed by atoms with van der Waals surface area (Å²) in [5, 5.41) is 13.3. The van der Waals surface area contributed by atoms with Crippen molar-refractivity contribution in [2.75, 3.05) is 0 Å². The van der Waals surface area contributed by atoms with Crippen molar-refractivity contribution in [3.05, 3.63) is 145 Å². The molecule has 8 aromatic carbocycles. The van der Waals surface area contributed by atoms with Gasteiger partial charge in [-0.25, -0.2) is 0 Å². The van der Waals surface area contributed by atoms with Crippen LogP contribution in [0.4, 0.5) is 0 Å². The molecule has 0 aliphatic carbocycles. The third-order valence-corrected chi connectivity index (χ3v) is 9.56. The highest BCUT2D eigenvalue weighted by Crippen LogP contribution is 2.46. The van der Waals surface area contributed by atoms with Crippen LogP contribution in [0, 0.1) is 0 Å². The molecule has 0 radical (unpaired) electrons.